The molecule has 0 saturated heterocycles. The highest BCUT2D eigenvalue weighted by Crippen LogP contribution is 2.43. The van der Waals surface area contributed by atoms with Crippen molar-refractivity contribution in [2.75, 3.05) is 0 Å². The Morgan fingerprint density at radius 3 is 2.25 bits per heavy atom. The van der Waals surface area contributed by atoms with Crippen molar-refractivity contribution >= 4 is 17.4 Å². The second-order valence-electron chi connectivity index (χ2n) is 8.29. The highest BCUT2D eigenvalue weighted by atomic mass is 35.5. The normalized spacial score (nSPS) is 18.2. The van der Waals surface area contributed by atoms with Crippen molar-refractivity contribution in [2.45, 2.75) is 45.1 Å². The maximum atomic E-state index is 12.2. The number of carbonyl (C=O) groups is 1. The predicted octanol–water partition coefficient (Wildman–Crippen LogP) is 6.15. The van der Waals surface area contributed by atoms with Gasteiger partial charge in [0.25, 0.3) is 0 Å². The molecule has 0 radical (unpaired) electrons. The monoisotopic (exact) mass is 397 g/mol. The molecule has 2 atom stereocenters. The lowest BCUT2D eigenvalue weighted by Crippen LogP contribution is -2.25. The van der Waals surface area contributed by atoms with Gasteiger partial charge in [-0.15, -0.1) is 0 Å². The summed E-state index contributed by atoms with van der Waals surface area (Å²) < 4.78 is 0. The highest BCUT2D eigenvalue weighted by molar-refractivity contribution is 6.30. The van der Waals surface area contributed by atoms with E-state index in [9.17, 15) is 14.9 Å². The van der Waals surface area contributed by atoms with Crippen LogP contribution in [0.1, 0.15) is 56.2 Å². The average Bonchev–Trinajstić information content (AvgIpc) is 2.61. The Balaban J connectivity index is 2.03. The molecule has 0 saturated carbocycles. The fourth-order valence-corrected chi connectivity index (χ4v) is 4.29. The van der Waals surface area contributed by atoms with Crippen LogP contribution >= 0.6 is 11.6 Å². The Bertz CT molecular complexity index is 888. The largest absolute Gasteiger partial charge is 0.295 e. The van der Waals surface area contributed by atoms with Gasteiger partial charge in [-0.3, -0.25) is 14.9 Å². The van der Waals surface area contributed by atoms with Crippen molar-refractivity contribution in [1.29, 1.82) is 0 Å². The molecule has 0 bridgehead atoms. The summed E-state index contributed by atoms with van der Waals surface area (Å²) >= 11 is 6.03. The number of benzene rings is 2. The minimum atomic E-state index is -0.900. The molecule has 2 aromatic rings. The molecule has 28 heavy (non-hydrogen) atoms. The van der Waals surface area contributed by atoms with Crippen LogP contribution in [0, 0.1) is 15.5 Å². The number of carbonyl (C=O) groups excluding carboxylic acids is 1. The van der Waals surface area contributed by atoms with Gasteiger partial charge in [-0.1, -0.05) is 73.5 Å². The molecule has 0 fully saturated rings. The first-order valence-corrected chi connectivity index (χ1v) is 9.79. The molecule has 0 N–H and O–H groups in total. The molecule has 0 heterocycles. The molecule has 146 valence electrons. The number of allylic oxidation sites excluding steroid dienone is 2. The third kappa shape index (κ3) is 4.87. The molecule has 5 heteroatoms. The van der Waals surface area contributed by atoms with E-state index >= 15 is 0 Å². The van der Waals surface area contributed by atoms with E-state index in [0.717, 1.165) is 17.6 Å². The minimum Gasteiger partial charge on any atom is -0.295 e. The van der Waals surface area contributed by atoms with Gasteiger partial charge in [-0.25, -0.2) is 0 Å². The molecule has 0 unspecified atom stereocenters. The quantitative estimate of drug-likeness (QED) is 0.434. The van der Waals surface area contributed by atoms with Gasteiger partial charge < -0.3 is 0 Å². The zero-order chi connectivity index (χ0) is 20.3. The Morgan fingerprint density at radius 1 is 1.04 bits per heavy atom. The second kappa shape index (κ2) is 8.27. The van der Waals surface area contributed by atoms with E-state index in [1.807, 2.05) is 30.3 Å². The Hall–Kier alpha value is -2.46. The molecule has 1 aliphatic carbocycles. The second-order valence-corrected chi connectivity index (χ2v) is 8.73. The first-order valence-electron chi connectivity index (χ1n) is 9.41. The third-order valence-corrected chi connectivity index (χ3v) is 5.51. The van der Waals surface area contributed by atoms with Crippen LogP contribution in [0.25, 0.3) is 0 Å². The van der Waals surface area contributed by atoms with Gasteiger partial charge in [-0.2, -0.15) is 0 Å². The molecule has 1 aliphatic rings. The summed E-state index contributed by atoms with van der Waals surface area (Å²) in [7, 11) is 0. The molecule has 0 aromatic heterocycles. The Labute approximate surface area is 170 Å². The molecule has 0 amide bonds. The van der Waals surface area contributed by atoms with Crippen molar-refractivity contribution in [3.8, 4) is 0 Å². The average molecular weight is 398 g/mol. The van der Waals surface area contributed by atoms with Crippen molar-refractivity contribution < 1.29 is 9.72 Å². The van der Waals surface area contributed by atoms with Crippen molar-refractivity contribution in [3.05, 3.63) is 92.5 Å². The fraction of sp³-hybridized carbons (Fsp3) is 0.348. The van der Waals surface area contributed by atoms with Gasteiger partial charge >= 0.3 is 0 Å². The van der Waals surface area contributed by atoms with Gasteiger partial charge in [0.2, 0.25) is 6.04 Å². The van der Waals surface area contributed by atoms with Crippen molar-refractivity contribution in [3.63, 3.8) is 0 Å². The molecule has 0 aliphatic heterocycles. The summed E-state index contributed by atoms with van der Waals surface area (Å²) in [4.78, 5) is 24.1. The number of halogens is 1. The maximum absolute atomic E-state index is 12.2. The van der Waals surface area contributed by atoms with Gasteiger partial charge in [0.1, 0.15) is 0 Å². The van der Waals surface area contributed by atoms with E-state index in [1.54, 1.807) is 30.3 Å². The van der Waals surface area contributed by atoms with Gasteiger partial charge in [0.15, 0.2) is 5.78 Å². The molecule has 2 aromatic carbocycles. The first-order chi connectivity index (χ1) is 13.2. The molecule has 0 spiro atoms. The van der Waals surface area contributed by atoms with Gasteiger partial charge in [0, 0.05) is 21.9 Å². The Kier molecular flexibility index (Phi) is 5.99. The highest BCUT2D eigenvalue weighted by Gasteiger charge is 2.37. The minimum absolute atomic E-state index is 0.0958. The van der Waals surface area contributed by atoms with E-state index < -0.39 is 6.04 Å². The SMILES string of the molecule is CC1(C)CC(=O)C=C(C[C@H](c2ccc(Cl)cc2)[C@H](c2ccccc2)[N+](=O)[O-])C1. The van der Waals surface area contributed by atoms with Crippen molar-refractivity contribution in [2.24, 2.45) is 5.41 Å². The van der Waals surface area contributed by atoms with Crippen LogP contribution in [0.15, 0.2) is 66.2 Å². The number of nitro groups is 1. The summed E-state index contributed by atoms with van der Waals surface area (Å²) in [5.74, 6) is -0.291. The lowest BCUT2D eigenvalue weighted by molar-refractivity contribution is -0.533. The van der Waals surface area contributed by atoms with Crippen molar-refractivity contribution in [1.82, 2.24) is 0 Å². The topological polar surface area (TPSA) is 60.2 Å². The summed E-state index contributed by atoms with van der Waals surface area (Å²) in [6, 6.07) is 15.4. The fourth-order valence-electron chi connectivity index (χ4n) is 4.17. The van der Waals surface area contributed by atoms with E-state index in [0.29, 0.717) is 23.4 Å². The van der Waals surface area contributed by atoms with E-state index in [2.05, 4.69) is 13.8 Å². The molecular formula is C23H24ClNO3. The molecular weight excluding hydrogens is 374 g/mol. The van der Waals surface area contributed by atoms with Gasteiger partial charge in [-0.05, 0) is 42.0 Å². The Morgan fingerprint density at radius 2 is 1.68 bits per heavy atom. The maximum Gasteiger partial charge on any atom is 0.245 e. The van der Waals surface area contributed by atoms with Crippen LogP contribution in [0.4, 0.5) is 0 Å². The number of ketones is 1. The smallest absolute Gasteiger partial charge is 0.245 e. The number of nitrogens with zero attached hydrogens (tertiary/aromatic N) is 1. The standard InChI is InChI=1S/C23H24ClNO3/c1-23(2)14-16(12-20(26)15-23)13-21(17-8-10-19(24)11-9-17)22(25(27)28)18-6-4-3-5-7-18/h3-12,21-22H,13-15H2,1-2H3/t21-,22+/m1/s1. The lowest BCUT2D eigenvalue weighted by Gasteiger charge is -2.31. The zero-order valence-electron chi connectivity index (χ0n) is 16.1. The zero-order valence-corrected chi connectivity index (χ0v) is 16.9. The van der Waals surface area contributed by atoms with Gasteiger partial charge in [0.05, 0.1) is 5.92 Å². The number of hydrogen-bond donors (Lipinski definition) is 0. The van der Waals surface area contributed by atoms with Crippen LogP contribution in [-0.2, 0) is 4.79 Å². The van der Waals surface area contributed by atoms with Crippen LogP contribution < -0.4 is 0 Å². The summed E-state index contributed by atoms with van der Waals surface area (Å²) in [6.45, 7) is 4.13. The third-order valence-electron chi connectivity index (χ3n) is 5.25. The molecule has 4 nitrogen and oxygen atoms in total. The number of rotatable bonds is 6. The van der Waals surface area contributed by atoms with Crippen LogP contribution in [0.2, 0.25) is 5.02 Å². The number of hydrogen-bond acceptors (Lipinski definition) is 3. The summed E-state index contributed by atoms with van der Waals surface area (Å²) in [5, 5.41) is 12.7. The summed E-state index contributed by atoms with van der Waals surface area (Å²) in [6.07, 6.45) is 3.44. The predicted molar refractivity (Wildman–Crippen MR) is 111 cm³/mol. The van der Waals surface area contributed by atoms with Crippen LogP contribution in [0.5, 0.6) is 0 Å². The van der Waals surface area contributed by atoms with E-state index in [1.165, 1.54) is 0 Å². The summed E-state index contributed by atoms with van der Waals surface area (Å²) in [5.41, 5.74) is 2.37. The van der Waals surface area contributed by atoms with Crippen LogP contribution in [-0.4, -0.2) is 10.7 Å². The van der Waals surface area contributed by atoms with E-state index in [-0.39, 0.29) is 22.0 Å². The molecule has 3 rings (SSSR count). The first kappa shape index (κ1) is 20.3. The van der Waals surface area contributed by atoms with E-state index in [4.69, 9.17) is 11.6 Å². The van der Waals surface area contributed by atoms with Crippen LogP contribution in [0.3, 0.4) is 0 Å². The lowest BCUT2D eigenvalue weighted by atomic mass is 9.73.